The number of nitrogens with one attached hydrogen (secondary N) is 1. The Bertz CT molecular complexity index is 760. The number of benzene rings is 1. The molecule has 1 aromatic carbocycles. The van der Waals surface area contributed by atoms with E-state index in [-0.39, 0.29) is 18.5 Å². The summed E-state index contributed by atoms with van der Waals surface area (Å²) in [5.74, 6) is -2.63. The second kappa shape index (κ2) is 6.34. The first kappa shape index (κ1) is 17.2. The number of carbonyl (C=O) groups is 1. The van der Waals surface area contributed by atoms with Crippen LogP contribution in [0.5, 0.6) is 0 Å². The van der Waals surface area contributed by atoms with Crippen molar-refractivity contribution < 1.29 is 26.8 Å². The van der Waals surface area contributed by atoms with E-state index in [2.05, 4.69) is 15.5 Å². The van der Waals surface area contributed by atoms with E-state index < -0.39 is 36.4 Å². The van der Waals surface area contributed by atoms with Gasteiger partial charge in [-0.2, -0.15) is 13.2 Å². The van der Waals surface area contributed by atoms with Crippen molar-refractivity contribution in [2.24, 2.45) is 11.8 Å². The number of hydrogen-bond acceptors (Lipinski definition) is 4. The van der Waals surface area contributed by atoms with E-state index in [4.69, 9.17) is 4.42 Å². The number of aromatic nitrogens is 2. The van der Waals surface area contributed by atoms with Gasteiger partial charge in [0.25, 0.3) is 0 Å². The Morgan fingerprint density at radius 3 is 2.52 bits per heavy atom. The van der Waals surface area contributed by atoms with Gasteiger partial charge in [0.05, 0.1) is 5.92 Å². The summed E-state index contributed by atoms with van der Waals surface area (Å²) in [4.78, 5) is 13.2. The summed E-state index contributed by atoms with van der Waals surface area (Å²) in [7, 11) is 0. The van der Waals surface area contributed by atoms with Crippen LogP contribution < -0.4 is 5.32 Å². The molecule has 2 amide bonds. The Morgan fingerprint density at radius 2 is 1.92 bits per heavy atom. The zero-order valence-electron chi connectivity index (χ0n) is 13.0. The van der Waals surface area contributed by atoms with Crippen molar-refractivity contribution in [3.05, 3.63) is 30.1 Å². The van der Waals surface area contributed by atoms with E-state index in [0.29, 0.717) is 5.56 Å². The molecule has 1 fully saturated rings. The van der Waals surface area contributed by atoms with Crippen LogP contribution >= 0.6 is 0 Å². The zero-order valence-corrected chi connectivity index (χ0v) is 13.0. The molecule has 10 heteroatoms. The molecule has 2 aromatic rings. The Labute approximate surface area is 139 Å². The minimum atomic E-state index is -4.35. The fraction of sp³-hybridized carbons (Fsp3) is 0.400. The second-order valence-corrected chi connectivity index (χ2v) is 5.88. The molecule has 0 saturated carbocycles. The lowest BCUT2D eigenvalue weighted by atomic mass is 9.98. The number of nitrogens with zero attached hydrogens (tertiary/aromatic N) is 3. The smallest absolute Gasteiger partial charge is 0.393 e. The molecule has 3 rings (SSSR count). The normalized spacial score (nSPS) is 20.8. The van der Waals surface area contributed by atoms with E-state index in [1.54, 1.807) is 0 Å². The number of likely N-dealkylation sites (tertiary alicyclic amines) is 1. The average Bonchev–Trinajstić information content (AvgIpc) is 3.14. The minimum absolute atomic E-state index is 0.0189. The van der Waals surface area contributed by atoms with Crippen LogP contribution in [0.3, 0.4) is 0 Å². The van der Waals surface area contributed by atoms with Gasteiger partial charge >= 0.3 is 18.2 Å². The fourth-order valence-electron chi connectivity index (χ4n) is 2.71. The summed E-state index contributed by atoms with van der Waals surface area (Å²) in [6.07, 6.45) is -4.35. The molecule has 0 radical (unpaired) electrons. The van der Waals surface area contributed by atoms with Crippen LogP contribution in [0.1, 0.15) is 6.92 Å². The highest BCUT2D eigenvalue weighted by atomic mass is 19.4. The molecule has 1 aliphatic rings. The van der Waals surface area contributed by atoms with Crippen LogP contribution in [0, 0.1) is 17.7 Å². The molecule has 6 nitrogen and oxygen atoms in total. The van der Waals surface area contributed by atoms with Crippen molar-refractivity contribution in [3.63, 3.8) is 0 Å². The largest absolute Gasteiger partial charge is 0.403 e. The highest BCUT2D eigenvalue weighted by Gasteiger charge is 2.49. The van der Waals surface area contributed by atoms with Crippen LogP contribution in [0.15, 0.2) is 28.7 Å². The summed E-state index contributed by atoms with van der Waals surface area (Å²) in [5, 5.41) is 9.62. The summed E-state index contributed by atoms with van der Waals surface area (Å²) < 4.78 is 56.7. The molecule has 2 unspecified atom stereocenters. The van der Waals surface area contributed by atoms with Crippen LogP contribution in [0.25, 0.3) is 11.5 Å². The first-order chi connectivity index (χ1) is 11.7. The molecular formula is C15H14F4N4O2. The summed E-state index contributed by atoms with van der Waals surface area (Å²) in [5.41, 5.74) is 0.446. The predicted molar refractivity (Wildman–Crippen MR) is 79.0 cm³/mol. The Balaban J connectivity index is 1.65. The first-order valence-electron chi connectivity index (χ1n) is 7.46. The molecule has 1 aliphatic heterocycles. The standard InChI is InChI=1S/C15H14F4N4O2/c1-8-6-23(7-11(8)15(17,18)19)14(24)20-13-22-21-12(25-13)9-2-4-10(16)5-3-9/h2-5,8,11H,6-7H2,1H3,(H,20,22,24). The van der Waals surface area contributed by atoms with Gasteiger partial charge in [0.15, 0.2) is 0 Å². The van der Waals surface area contributed by atoms with Crippen LogP contribution in [0.2, 0.25) is 0 Å². The highest BCUT2D eigenvalue weighted by molar-refractivity contribution is 5.87. The number of carbonyl (C=O) groups excluding carboxylic acids is 1. The number of anilines is 1. The molecule has 2 atom stereocenters. The quantitative estimate of drug-likeness (QED) is 0.834. The second-order valence-electron chi connectivity index (χ2n) is 5.88. The zero-order chi connectivity index (χ0) is 18.2. The highest BCUT2D eigenvalue weighted by Crippen LogP contribution is 2.37. The maximum atomic E-state index is 12.9. The topological polar surface area (TPSA) is 71.3 Å². The first-order valence-corrected chi connectivity index (χ1v) is 7.46. The van der Waals surface area contributed by atoms with Gasteiger partial charge < -0.3 is 9.32 Å². The maximum Gasteiger partial charge on any atom is 0.393 e. The lowest BCUT2D eigenvalue weighted by Crippen LogP contribution is -2.35. The van der Waals surface area contributed by atoms with Gasteiger partial charge in [0.1, 0.15) is 5.82 Å². The van der Waals surface area contributed by atoms with E-state index in [0.717, 1.165) is 4.90 Å². The Morgan fingerprint density at radius 1 is 1.24 bits per heavy atom. The molecule has 0 aliphatic carbocycles. The van der Waals surface area contributed by atoms with Crippen LogP contribution in [0.4, 0.5) is 28.4 Å². The molecule has 1 saturated heterocycles. The van der Waals surface area contributed by atoms with Crippen molar-refractivity contribution in [2.45, 2.75) is 13.1 Å². The van der Waals surface area contributed by atoms with E-state index in [1.165, 1.54) is 31.2 Å². The molecule has 134 valence electrons. The number of rotatable bonds is 2. The maximum absolute atomic E-state index is 12.9. The van der Waals surface area contributed by atoms with Crippen LogP contribution in [-0.4, -0.2) is 40.4 Å². The Hall–Kier alpha value is -2.65. The lowest BCUT2D eigenvalue weighted by molar-refractivity contribution is -0.178. The van der Waals surface area contributed by atoms with E-state index in [1.807, 2.05) is 0 Å². The third-order valence-corrected chi connectivity index (χ3v) is 4.05. The van der Waals surface area contributed by atoms with Crippen molar-refractivity contribution in [2.75, 3.05) is 18.4 Å². The predicted octanol–water partition coefficient (Wildman–Crippen LogP) is 3.54. The van der Waals surface area contributed by atoms with Gasteiger partial charge in [-0.1, -0.05) is 12.0 Å². The van der Waals surface area contributed by atoms with E-state index >= 15 is 0 Å². The Kier molecular flexibility index (Phi) is 4.36. The van der Waals surface area contributed by atoms with Gasteiger partial charge in [-0.3, -0.25) is 5.32 Å². The number of hydrogen-bond donors (Lipinski definition) is 1. The third kappa shape index (κ3) is 3.72. The molecular weight excluding hydrogens is 344 g/mol. The van der Waals surface area contributed by atoms with E-state index in [9.17, 15) is 22.4 Å². The van der Waals surface area contributed by atoms with Gasteiger partial charge in [-0.25, -0.2) is 9.18 Å². The van der Waals surface area contributed by atoms with Crippen molar-refractivity contribution >= 4 is 12.0 Å². The van der Waals surface area contributed by atoms with Gasteiger partial charge in [-0.05, 0) is 30.2 Å². The molecule has 0 bridgehead atoms. The SMILES string of the molecule is CC1CN(C(=O)Nc2nnc(-c3ccc(F)cc3)o2)CC1C(F)(F)F. The van der Waals surface area contributed by atoms with Crippen LogP contribution in [-0.2, 0) is 0 Å². The number of amides is 2. The molecule has 2 heterocycles. The van der Waals surface area contributed by atoms with Gasteiger partial charge in [-0.15, -0.1) is 5.10 Å². The fourth-order valence-corrected chi connectivity index (χ4v) is 2.71. The number of halogens is 4. The molecule has 1 aromatic heterocycles. The molecule has 0 spiro atoms. The number of alkyl halides is 3. The summed E-state index contributed by atoms with van der Waals surface area (Å²) in [6, 6.07) is 4.27. The van der Waals surface area contributed by atoms with Gasteiger partial charge in [0, 0.05) is 18.7 Å². The molecule has 25 heavy (non-hydrogen) atoms. The van der Waals surface area contributed by atoms with Gasteiger partial charge in [0.2, 0.25) is 5.89 Å². The third-order valence-electron chi connectivity index (χ3n) is 4.05. The number of urea groups is 1. The minimum Gasteiger partial charge on any atom is -0.403 e. The van der Waals surface area contributed by atoms with Crippen molar-refractivity contribution in [3.8, 4) is 11.5 Å². The summed E-state index contributed by atoms with van der Waals surface area (Å²) >= 11 is 0. The summed E-state index contributed by atoms with van der Waals surface area (Å²) in [6.45, 7) is 1.01. The van der Waals surface area contributed by atoms with Crippen molar-refractivity contribution in [1.82, 2.24) is 15.1 Å². The average molecular weight is 358 g/mol. The monoisotopic (exact) mass is 358 g/mol. The molecule has 1 N–H and O–H groups in total. The van der Waals surface area contributed by atoms with Crippen molar-refractivity contribution in [1.29, 1.82) is 0 Å². The lowest BCUT2D eigenvalue weighted by Gasteiger charge is -2.18.